The number of hydrogen-bond donors (Lipinski definition) is 1. The fourth-order valence-electron chi connectivity index (χ4n) is 2.24. The number of benzene rings is 1. The third-order valence-corrected chi connectivity index (χ3v) is 3.63. The average Bonchev–Trinajstić information content (AvgIpc) is 2.58. The number of rotatable bonds is 2. The van der Waals surface area contributed by atoms with Gasteiger partial charge in [-0.1, -0.05) is 23.2 Å². The first-order valence-corrected chi connectivity index (χ1v) is 6.02. The summed E-state index contributed by atoms with van der Waals surface area (Å²) in [5, 5.41) is 11.0. The molecular weight excluding hydrogens is 231 g/mol. The van der Waals surface area contributed by atoms with Gasteiger partial charge in [0.05, 0.1) is 6.10 Å². The lowest BCUT2D eigenvalue weighted by atomic mass is 9.98. The molecule has 0 aromatic heterocycles. The van der Waals surface area contributed by atoms with E-state index in [0.29, 0.717) is 5.92 Å². The van der Waals surface area contributed by atoms with E-state index >= 15 is 0 Å². The molecule has 1 nitrogen and oxygen atoms in total. The molecule has 0 radical (unpaired) electrons. The number of aliphatic hydroxyl groups excluding tert-OH is 1. The molecule has 1 aliphatic carbocycles. The maximum Gasteiger partial charge on any atom is 0.0543 e. The fraction of sp³-hybridized carbons (Fsp3) is 0.500. The Morgan fingerprint density at radius 2 is 2.07 bits per heavy atom. The van der Waals surface area contributed by atoms with Crippen LogP contribution in [0.2, 0.25) is 10.0 Å². The second kappa shape index (κ2) is 4.73. The van der Waals surface area contributed by atoms with E-state index in [4.69, 9.17) is 23.2 Å². The van der Waals surface area contributed by atoms with Crippen molar-refractivity contribution in [2.75, 3.05) is 0 Å². The van der Waals surface area contributed by atoms with Crippen molar-refractivity contribution >= 4 is 23.2 Å². The summed E-state index contributed by atoms with van der Waals surface area (Å²) in [6.07, 6.45) is 3.71. The largest absolute Gasteiger partial charge is 0.393 e. The van der Waals surface area contributed by atoms with Crippen molar-refractivity contribution in [3.8, 4) is 0 Å². The summed E-state index contributed by atoms with van der Waals surface area (Å²) < 4.78 is 0. The van der Waals surface area contributed by atoms with Crippen LogP contribution in [0.3, 0.4) is 0 Å². The van der Waals surface area contributed by atoms with E-state index in [1.54, 1.807) is 6.07 Å². The Hall–Kier alpha value is -0.240. The second-order valence-electron chi connectivity index (χ2n) is 4.27. The van der Waals surface area contributed by atoms with Gasteiger partial charge in [-0.15, -0.1) is 0 Å². The maximum atomic E-state index is 9.44. The van der Waals surface area contributed by atoms with E-state index in [1.807, 2.05) is 12.1 Å². The Kier molecular flexibility index (Phi) is 3.55. The lowest BCUT2D eigenvalue weighted by Gasteiger charge is -2.10. The van der Waals surface area contributed by atoms with Gasteiger partial charge >= 0.3 is 0 Å². The van der Waals surface area contributed by atoms with Crippen molar-refractivity contribution in [3.05, 3.63) is 33.8 Å². The lowest BCUT2D eigenvalue weighted by Crippen LogP contribution is -2.03. The van der Waals surface area contributed by atoms with Gasteiger partial charge in [0.25, 0.3) is 0 Å². The molecule has 1 aromatic rings. The van der Waals surface area contributed by atoms with Gasteiger partial charge in [0.2, 0.25) is 0 Å². The monoisotopic (exact) mass is 244 g/mol. The highest BCUT2D eigenvalue weighted by molar-refractivity contribution is 6.33. The molecule has 1 aromatic carbocycles. The molecule has 0 spiro atoms. The molecular formula is C12H14Cl2O. The van der Waals surface area contributed by atoms with E-state index < -0.39 is 0 Å². The Morgan fingerprint density at radius 1 is 1.27 bits per heavy atom. The molecule has 3 heteroatoms. The van der Waals surface area contributed by atoms with Crippen molar-refractivity contribution in [1.29, 1.82) is 0 Å². The predicted molar refractivity (Wildman–Crippen MR) is 63.5 cm³/mol. The average molecular weight is 245 g/mol. The smallest absolute Gasteiger partial charge is 0.0543 e. The topological polar surface area (TPSA) is 20.2 Å². The van der Waals surface area contributed by atoms with Gasteiger partial charge in [0.15, 0.2) is 0 Å². The molecule has 1 N–H and O–H groups in total. The molecule has 1 fully saturated rings. The van der Waals surface area contributed by atoms with E-state index in [-0.39, 0.29) is 6.10 Å². The Morgan fingerprint density at radius 3 is 2.73 bits per heavy atom. The number of halogens is 2. The van der Waals surface area contributed by atoms with Gasteiger partial charge in [-0.25, -0.2) is 0 Å². The molecule has 0 amide bonds. The zero-order chi connectivity index (χ0) is 10.8. The highest BCUT2D eigenvalue weighted by Gasteiger charge is 2.23. The number of aliphatic hydroxyl groups is 1. The molecule has 82 valence electrons. The minimum atomic E-state index is -0.118. The van der Waals surface area contributed by atoms with Gasteiger partial charge in [0, 0.05) is 10.0 Å². The van der Waals surface area contributed by atoms with E-state index in [2.05, 4.69) is 0 Å². The van der Waals surface area contributed by atoms with Gasteiger partial charge in [-0.2, -0.15) is 0 Å². The van der Waals surface area contributed by atoms with Crippen LogP contribution in [0.5, 0.6) is 0 Å². The molecule has 0 bridgehead atoms. The SMILES string of the molecule is OC1CCC(Cc2cc(Cl)ccc2Cl)C1. The maximum absolute atomic E-state index is 9.44. The first kappa shape index (κ1) is 11.3. The summed E-state index contributed by atoms with van der Waals surface area (Å²) in [7, 11) is 0. The zero-order valence-corrected chi connectivity index (χ0v) is 9.93. The Bertz CT molecular complexity index is 351. The minimum absolute atomic E-state index is 0.118. The van der Waals surface area contributed by atoms with Crippen LogP contribution in [0, 0.1) is 5.92 Å². The molecule has 15 heavy (non-hydrogen) atoms. The molecule has 1 aliphatic rings. The molecule has 0 aliphatic heterocycles. The van der Waals surface area contributed by atoms with Crippen LogP contribution < -0.4 is 0 Å². The van der Waals surface area contributed by atoms with Gasteiger partial charge in [-0.05, 0) is 55.4 Å². The zero-order valence-electron chi connectivity index (χ0n) is 8.42. The van der Waals surface area contributed by atoms with Gasteiger partial charge < -0.3 is 5.11 Å². The van der Waals surface area contributed by atoms with Crippen LogP contribution >= 0.6 is 23.2 Å². The van der Waals surface area contributed by atoms with Crippen LogP contribution in [0.15, 0.2) is 18.2 Å². The first-order chi connectivity index (χ1) is 7.15. The van der Waals surface area contributed by atoms with Gasteiger partial charge in [-0.3, -0.25) is 0 Å². The Labute approximate surface area is 100 Å². The third kappa shape index (κ3) is 2.87. The minimum Gasteiger partial charge on any atom is -0.393 e. The lowest BCUT2D eigenvalue weighted by molar-refractivity contribution is 0.177. The highest BCUT2D eigenvalue weighted by atomic mass is 35.5. The normalized spacial score (nSPS) is 25.8. The van der Waals surface area contributed by atoms with Crippen molar-refractivity contribution in [1.82, 2.24) is 0 Å². The molecule has 1 saturated carbocycles. The van der Waals surface area contributed by atoms with Crippen LogP contribution in [0.4, 0.5) is 0 Å². The third-order valence-electron chi connectivity index (χ3n) is 3.03. The van der Waals surface area contributed by atoms with E-state index in [1.165, 1.54) is 0 Å². The van der Waals surface area contributed by atoms with Crippen molar-refractivity contribution in [2.45, 2.75) is 31.8 Å². The summed E-state index contributed by atoms with van der Waals surface area (Å²) >= 11 is 12.0. The van der Waals surface area contributed by atoms with Gasteiger partial charge in [0.1, 0.15) is 0 Å². The van der Waals surface area contributed by atoms with E-state index in [9.17, 15) is 5.11 Å². The summed E-state index contributed by atoms with van der Waals surface area (Å²) in [5.41, 5.74) is 1.10. The molecule has 0 saturated heterocycles. The molecule has 0 heterocycles. The summed E-state index contributed by atoms with van der Waals surface area (Å²) in [6.45, 7) is 0. The van der Waals surface area contributed by atoms with Crippen molar-refractivity contribution in [2.24, 2.45) is 5.92 Å². The van der Waals surface area contributed by atoms with Crippen molar-refractivity contribution < 1.29 is 5.11 Å². The fourth-order valence-corrected chi connectivity index (χ4v) is 2.63. The van der Waals surface area contributed by atoms with Crippen LogP contribution in [-0.2, 0) is 6.42 Å². The quantitative estimate of drug-likeness (QED) is 0.842. The van der Waals surface area contributed by atoms with E-state index in [0.717, 1.165) is 41.3 Å². The molecule has 2 unspecified atom stereocenters. The van der Waals surface area contributed by atoms with Crippen LogP contribution in [-0.4, -0.2) is 11.2 Å². The summed E-state index contributed by atoms with van der Waals surface area (Å²) in [5.74, 6) is 0.552. The summed E-state index contributed by atoms with van der Waals surface area (Å²) in [4.78, 5) is 0. The number of hydrogen-bond acceptors (Lipinski definition) is 1. The molecule has 2 atom stereocenters. The molecule has 2 rings (SSSR count). The first-order valence-electron chi connectivity index (χ1n) is 5.27. The van der Waals surface area contributed by atoms with Crippen LogP contribution in [0.25, 0.3) is 0 Å². The van der Waals surface area contributed by atoms with Crippen molar-refractivity contribution in [3.63, 3.8) is 0 Å². The second-order valence-corrected chi connectivity index (χ2v) is 5.12. The highest BCUT2D eigenvalue weighted by Crippen LogP contribution is 2.31. The standard InChI is InChI=1S/C12H14Cl2O/c13-10-2-4-12(14)9(7-10)5-8-1-3-11(15)6-8/h2,4,7-8,11,15H,1,3,5-6H2. The van der Waals surface area contributed by atoms with Crippen LogP contribution in [0.1, 0.15) is 24.8 Å². The predicted octanol–water partition coefficient (Wildman–Crippen LogP) is 3.70. The Balaban J connectivity index is 2.07. The summed E-state index contributed by atoms with van der Waals surface area (Å²) in [6, 6.07) is 5.57.